The molecule has 1 N–H and O–H groups in total. The van der Waals surface area contributed by atoms with Gasteiger partial charge in [0.1, 0.15) is 0 Å². The molecule has 1 unspecified atom stereocenters. The van der Waals surface area contributed by atoms with Gasteiger partial charge in [-0.05, 0) is 36.8 Å². The zero-order valence-corrected chi connectivity index (χ0v) is 17.1. The smallest absolute Gasteiger partial charge is 0.311 e. The second kappa shape index (κ2) is 9.25. The number of rotatable bonds is 8. The predicted molar refractivity (Wildman–Crippen MR) is 107 cm³/mol. The topological polar surface area (TPSA) is 102 Å². The van der Waals surface area contributed by atoms with Gasteiger partial charge in [-0.1, -0.05) is 0 Å². The first-order valence-electron chi connectivity index (χ1n) is 9.14. The minimum atomic E-state index is -0.995. The minimum absolute atomic E-state index is 0.0711. The minimum Gasteiger partial charge on any atom is -0.493 e. The summed E-state index contributed by atoms with van der Waals surface area (Å²) in [5.74, 6) is 1.39. The zero-order chi connectivity index (χ0) is 21.7. The second-order valence-corrected chi connectivity index (χ2v) is 6.40. The Balaban J connectivity index is 1.60. The maximum Gasteiger partial charge on any atom is 0.311 e. The molecular weight excluding hydrogens is 394 g/mol. The average Bonchev–Trinajstić information content (AvgIpc) is 3.20. The van der Waals surface area contributed by atoms with Gasteiger partial charge in [-0.2, -0.15) is 0 Å². The third-order valence-corrected chi connectivity index (χ3v) is 4.39. The van der Waals surface area contributed by atoms with Crippen LogP contribution in [0.3, 0.4) is 0 Å². The third-order valence-electron chi connectivity index (χ3n) is 4.39. The first-order valence-corrected chi connectivity index (χ1v) is 9.14. The fourth-order valence-electron chi connectivity index (χ4n) is 2.91. The average molecular weight is 417 g/mol. The van der Waals surface area contributed by atoms with E-state index in [9.17, 15) is 9.59 Å². The van der Waals surface area contributed by atoms with Gasteiger partial charge >= 0.3 is 5.97 Å². The molecule has 3 rings (SSSR count). The number of benzene rings is 2. The molecule has 160 valence electrons. The fourth-order valence-corrected chi connectivity index (χ4v) is 2.91. The summed E-state index contributed by atoms with van der Waals surface area (Å²) in [6.45, 7) is 1.64. The lowest BCUT2D eigenvalue weighted by atomic mass is 10.1. The number of ether oxygens (including phenoxy) is 6. The van der Waals surface area contributed by atoms with E-state index in [4.69, 9.17) is 28.4 Å². The van der Waals surface area contributed by atoms with Gasteiger partial charge in [0.2, 0.25) is 12.5 Å². The van der Waals surface area contributed by atoms with Crippen LogP contribution in [-0.4, -0.2) is 46.1 Å². The van der Waals surface area contributed by atoms with Gasteiger partial charge in [0.05, 0.1) is 27.8 Å². The van der Waals surface area contributed by atoms with E-state index in [2.05, 4.69) is 5.32 Å². The molecular formula is C21H23NO8. The SMILES string of the molecule is COc1cc(CC(=O)OC(C)C(=O)Nc2ccc3c(c2)OCO3)cc(OC)c1OC. The molecule has 0 aliphatic carbocycles. The summed E-state index contributed by atoms with van der Waals surface area (Å²) in [5, 5.41) is 2.68. The molecule has 0 fully saturated rings. The van der Waals surface area contributed by atoms with Crippen LogP contribution in [0.5, 0.6) is 28.7 Å². The summed E-state index contributed by atoms with van der Waals surface area (Å²) < 4.78 is 31.6. The predicted octanol–water partition coefficient (Wildman–Crippen LogP) is 2.55. The number of esters is 1. The molecule has 1 heterocycles. The van der Waals surface area contributed by atoms with Crippen LogP contribution in [0.25, 0.3) is 0 Å². The number of carbonyl (C=O) groups excluding carboxylic acids is 2. The lowest BCUT2D eigenvalue weighted by Gasteiger charge is -2.16. The largest absolute Gasteiger partial charge is 0.493 e. The highest BCUT2D eigenvalue weighted by Crippen LogP contribution is 2.38. The molecule has 1 aliphatic rings. The van der Waals surface area contributed by atoms with E-state index in [1.807, 2.05) is 0 Å². The number of amides is 1. The number of fused-ring (bicyclic) bond motifs is 1. The van der Waals surface area contributed by atoms with Crippen LogP contribution in [0.1, 0.15) is 12.5 Å². The van der Waals surface area contributed by atoms with Crippen LogP contribution in [0, 0.1) is 0 Å². The van der Waals surface area contributed by atoms with Crippen molar-refractivity contribution < 1.29 is 38.0 Å². The lowest BCUT2D eigenvalue weighted by molar-refractivity contribution is -0.152. The van der Waals surface area contributed by atoms with Crippen molar-refractivity contribution in [2.24, 2.45) is 0 Å². The maximum atomic E-state index is 12.4. The molecule has 0 radical (unpaired) electrons. The Bertz CT molecular complexity index is 918. The molecule has 1 amide bonds. The highest BCUT2D eigenvalue weighted by molar-refractivity contribution is 5.95. The van der Waals surface area contributed by atoms with Gasteiger partial charge in [0, 0.05) is 11.8 Å². The van der Waals surface area contributed by atoms with Gasteiger partial charge in [-0.25, -0.2) is 0 Å². The highest BCUT2D eigenvalue weighted by atomic mass is 16.7. The summed E-state index contributed by atoms with van der Waals surface area (Å²) in [5.41, 5.74) is 1.11. The lowest BCUT2D eigenvalue weighted by Crippen LogP contribution is -2.30. The van der Waals surface area contributed by atoms with Gasteiger partial charge in [-0.3, -0.25) is 9.59 Å². The monoisotopic (exact) mass is 417 g/mol. The number of carbonyl (C=O) groups is 2. The molecule has 0 bridgehead atoms. The van der Waals surface area contributed by atoms with Crippen molar-refractivity contribution in [3.05, 3.63) is 35.9 Å². The fraction of sp³-hybridized carbons (Fsp3) is 0.333. The zero-order valence-electron chi connectivity index (χ0n) is 17.1. The van der Waals surface area contributed by atoms with E-state index in [-0.39, 0.29) is 13.2 Å². The maximum absolute atomic E-state index is 12.4. The molecule has 9 heteroatoms. The standard InChI is InChI=1S/C21H23NO8/c1-12(21(24)22-14-5-6-15-16(10-14)29-11-28-15)30-19(23)9-13-7-17(25-2)20(27-4)18(8-13)26-3/h5-8,10,12H,9,11H2,1-4H3,(H,22,24). The molecule has 30 heavy (non-hydrogen) atoms. The normalized spacial score (nSPS) is 12.7. The van der Waals surface area contributed by atoms with E-state index in [0.717, 1.165) is 0 Å². The van der Waals surface area contributed by atoms with Crippen LogP contribution in [0.2, 0.25) is 0 Å². The summed E-state index contributed by atoms with van der Waals surface area (Å²) in [7, 11) is 4.47. The van der Waals surface area contributed by atoms with E-state index in [1.54, 1.807) is 30.3 Å². The first kappa shape index (κ1) is 21.1. The van der Waals surface area contributed by atoms with E-state index >= 15 is 0 Å². The van der Waals surface area contributed by atoms with Gasteiger partial charge in [-0.15, -0.1) is 0 Å². The quantitative estimate of drug-likeness (QED) is 0.654. The Hall–Kier alpha value is -3.62. The second-order valence-electron chi connectivity index (χ2n) is 6.40. The van der Waals surface area contributed by atoms with Gasteiger partial charge in [0.15, 0.2) is 29.1 Å². The van der Waals surface area contributed by atoms with Crippen LogP contribution < -0.4 is 29.0 Å². The van der Waals surface area contributed by atoms with E-state index in [0.29, 0.717) is 40.0 Å². The summed E-state index contributed by atoms with van der Waals surface area (Å²) in [6, 6.07) is 8.32. The Morgan fingerprint density at radius 1 is 1.00 bits per heavy atom. The number of anilines is 1. The Morgan fingerprint density at radius 2 is 1.67 bits per heavy atom. The Labute approximate surface area is 173 Å². The molecule has 9 nitrogen and oxygen atoms in total. The first-order chi connectivity index (χ1) is 14.4. The Morgan fingerprint density at radius 3 is 2.30 bits per heavy atom. The molecule has 0 spiro atoms. The molecule has 1 aliphatic heterocycles. The number of hydrogen-bond acceptors (Lipinski definition) is 8. The number of methoxy groups -OCH3 is 3. The van der Waals surface area contributed by atoms with E-state index in [1.165, 1.54) is 28.3 Å². The summed E-state index contributed by atoms with van der Waals surface area (Å²) in [6.07, 6.45) is -1.07. The van der Waals surface area contributed by atoms with Crippen molar-refractivity contribution in [3.8, 4) is 28.7 Å². The Kier molecular flexibility index (Phi) is 6.51. The molecule has 1 atom stereocenters. The van der Waals surface area contributed by atoms with Gasteiger partial charge < -0.3 is 33.7 Å². The summed E-state index contributed by atoms with van der Waals surface area (Å²) in [4.78, 5) is 24.7. The number of nitrogens with one attached hydrogen (secondary N) is 1. The molecule has 0 aromatic heterocycles. The highest BCUT2D eigenvalue weighted by Gasteiger charge is 2.21. The van der Waals surface area contributed by atoms with Crippen molar-refractivity contribution >= 4 is 17.6 Å². The van der Waals surface area contributed by atoms with E-state index < -0.39 is 18.0 Å². The van der Waals surface area contributed by atoms with Crippen LogP contribution in [-0.2, 0) is 20.7 Å². The van der Waals surface area contributed by atoms with Crippen molar-refractivity contribution in [1.29, 1.82) is 0 Å². The van der Waals surface area contributed by atoms with Gasteiger partial charge in [0.25, 0.3) is 5.91 Å². The number of hydrogen-bond donors (Lipinski definition) is 1. The van der Waals surface area contributed by atoms with Crippen molar-refractivity contribution in [1.82, 2.24) is 0 Å². The molecule has 0 saturated carbocycles. The van der Waals surface area contributed by atoms with Crippen molar-refractivity contribution in [3.63, 3.8) is 0 Å². The summed E-state index contributed by atoms with van der Waals surface area (Å²) >= 11 is 0. The third kappa shape index (κ3) is 4.68. The van der Waals surface area contributed by atoms with Crippen LogP contribution in [0.4, 0.5) is 5.69 Å². The van der Waals surface area contributed by atoms with Crippen LogP contribution in [0.15, 0.2) is 30.3 Å². The van der Waals surface area contributed by atoms with Crippen LogP contribution >= 0.6 is 0 Å². The molecule has 0 saturated heterocycles. The molecule has 2 aromatic rings. The molecule has 2 aromatic carbocycles. The van der Waals surface area contributed by atoms with Crippen molar-refractivity contribution in [2.75, 3.05) is 33.4 Å². The van der Waals surface area contributed by atoms with Crippen molar-refractivity contribution in [2.45, 2.75) is 19.4 Å².